The van der Waals surface area contributed by atoms with Crippen LogP contribution in [0.2, 0.25) is 0 Å². The number of alkyl halides is 3. The highest BCUT2D eigenvalue weighted by Gasteiger charge is 2.52. The highest BCUT2D eigenvalue weighted by molar-refractivity contribution is 5.81. The van der Waals surface area contributed by atoms with Crippen LogP contribution in [0, 0.1) is 5.82 Å². The molecule has 1 aromatic carbocycles. The van der Waals surface area contributed by atoms with Crippen LogP contribution in [-0.4, -0.2) is 68.4 Å². The first-order valence-electron chi connectivity index (χ1n) is 10.4. The zero-order valence-corrected chi connectivity index (χ0v) is 18.3. The molecule has 0 aliphatic carbocycles. The number of likely N-dealkylation sites (tertiary alicyclic amines) is 2. The Morgan fingerprint density at radius 1 is 1.18 bits per heavy atom. The zero-order chi connectivity index (χ0) is 24.4. The SMILES string of the molecule is CN1C(=O)CC(c2cnn(C)c2)C12CCN(Cc1ccc(F)cc1)CC2.O=C(O)C(F)(F)F. The number of carbonyl (C=O) groups excluding carboxylic acids is 1. The van der Waals surface area contributed by atoms with E-state index < -0.39 is 12.1 Å². The van der Waals surface area contributed by atoms with E-state index in [1.807, 2.05) is 48.2 Å². The summed E-state index contributed by atoms with van der Waals surface area (Å²) in [6.45, 7) is 2.70. The number of halogens is 4. The molecule has 2 aliphatic rings. The first-order chi connectivity index (χ1) is 15.4. The minimum atomic E-state index is -5.08. The second kappa shape index (κ2) is 9.50. The summed E-state index contributed by atoms with van der Waals surface area (Å²) in [7, 11) is 3.87. The first-order valence-corrected chi connectivity index (χ1v) is 10.4. The Labute approximate surface area is 188 Å². The number of hydrogen-bond acceptors (Lipinski definition) is 4. The third kappa shape index (κ3) is 5.52. The van der Waals surface area contributed by atoms with Crippen LogP contribution in [0.4, 0.5) is 17.6 Å². The van der Waals surface area contributed by atoms with E-state index in [4.69, 9.17) is 9.90 Å². The van der Waals surface area contributed by atoms with E-state index in [-0.39, 0.29) is 23.2 Å². The average Bonchev–Trinajstić information content (AvgIpc) is 3.28. The van der Waals surface area contributed by atoms with Gasteiger partial charge in [-0.2, -0.15) is 18.3 Å². The van der Waals surface area contributed by atoms with Crippen molar-refractivity contribution in [1.82, 2.24) is 19.6 Å². The Bertz CT molecular complexity index is 982. The summed E-state index contributed by atoms with van der Waals surface area (Å²) < 4.78 is 46.6. The largest absolute Gasteiger partial charge is 0.490 e. The third-order valence-electron chi connectivity index (χ3n) is 6.48. The van der Waals surface area contributed by atoms with Crippen molar-refractivity contribution >= 4 is 11.9 Å². The first kappa shape index (κ1) is 24.7. The molecule has 2 fully saturated rings. The maximum Gasteiger partial charge on any atom is 0.490 e. The van der Waals surface area contributed by atoms with Gasteiger partial charge in [0.1, 0.15) is 5.82 Å². The van der Waals surface area contributed by atoms with Crippen LogP contribution >= 0.6 is 0 Å². The normalized spacial score (nSPS) is 20.6. The standard InChI is InChI=1S/C20H25FN4O.C2HF3O2/c1-23-14-16(12-22-23)18-11-19(26)24(2)20(18)7-9-25(10-8-20)13-15-3-5-17(21)6-4-15;3-2(4,5)1(6)7/h3-6,12,14,18H,7-11,13H2,1-2H3;(H,6,7). The van der Waals surface area contributed by atoms with E-state index in [0.29, 0.717) is 6.42 Å². The Kier molecular flexibility index (Phi) is 7.11. The number of aryl methyl sites for hydroxylation is 1. The van der Waals surface area contributed by atoms with Gasteiger partial charge in [-0.05, 0) is 36.1 Å². The molecule has 1 spiro atoms. The summed E-state index contributed by atoms with van der Waals surface area (Å²) in [6, 6.07) is 6.73. The van der Waals surface area contributed by atoms with Gasteiger partial charge in [0, 0.05) is 52.3 Å². The predicted molar refractivity (Wildman–Crippen MR) is 111 cm³/mol. The Hall–Kier alpha value is -2.95. The highest BCUT2D eigenvalue weighted by Crippen LogP contribution is 2.48. The van der Waals surface area contributed by atoms with Crippen molar-refractivity contribution in [2.45, 2.75) is 43.4 Å². The number of carboxylic acids is 1. The molecule has 2 aliphatic heterocycles. The van der Waals surface area contributed by atoms with Crippen molar-refractivity contribution in [3.63, 3.8) is 0 Å². The number of benzene rings is 1. The number of carboxylic acid groups (broad SMARTS) is 1. The zero-order valence-electron chi connectivity index (χ0n) is 18.3. The van der Waals surface area contributed by atoms with Crippen LogP contribution in [0.3, 0.4) is 0 Å². The van der Waals surface area contributed by atoms with Crippen molar-refractivity contribution < 1.29 is 32.3 Å². The molecule has 4 rings (SSSR count). The van der Waals surface area contributed by atoms with Crippen LogP contribution in [0.15, 0.2) is 36.7 Å². The number of aliphatic carboxylic acids is 1. The lowest BCUT2D eigenvalue weighted by Gasteiger charge is -2.46. The van der Waals surface area contributed by atoms with E-state index in [0.717, 1.165) is 43.6 Å². The number of piperidine rings is 1. The van der Waals surface area contributed by atoms with Crippen LogP contribution in [0.5, 0.6) is 0 Å². The fourth-order valence-electron chi connectivity index (χ4n) is 4.66. The van der Waals surface area contributed by atoms with E-state index in [2.05, 4.69) is 10.00 Å². The Balaban J connectivity index is 0.000000383. The van der Waals surface area contributed by atoms with Crippen molar-refractivity contribution in [2.75, 3.05) is 20.1 Å². The predicted octanol–water partition coefficient (Wildman–Crippen LogP) is 3.17. The fourth-order valence-corrected chi connectivity index (χ4v) is 4.66. The number of likely N-dealkylation sites (N-methyl/N-ethyl adjacent to an activating group) is 1. The minimum Gasteiger partial charge on any atom is -0.475 e. The molecule has 1 unspecified atom stereocenters. The van der Waals surface area contributed by atoms with Crippen LogP contribution in [-0.2, 0) is 23.2 Å². The Morgan fingerprint density at radius 3 is 2.24 bits per heavy atom. The Morgan fingerprint density at radius 2 is 1.76 bits per heavy atom. The lowest BCUT2D eigenvalue weighted by Crippen LogP contribution is -2.53. The molecular formula is C22H26F4N4O3. The molecule has 180 valence electrons. The van der Waals surface area contributed by atoms with Gasteiger partial charge in [-0.3, -0.25) is 14.4 Å². The second-order valence-electron chi connectivity index (χ2n) is 8.47. The second-order valence-corrected chi connectivity index (χ2v) is 8.47. The van der Waals surface area contributed by atoms with Crippen LogP contribution in [0.1, 0.15) is 36.3 Å². The monoisotopic (exact) mass is 470 g/mol. The molecule has 7 nitrogen and oxygen atoms in total. The van der Waals surface area contributed by atoms with E-state index in [9.17, 15) is 22.4 Å². The smallest absolute Gasteiger partial charge is 0.475 e. The maximum atomic E-state index is 13.1. The van der Waals surface area contributed by atoms with E-state index in [1.165, 1.54) is 12.1 Å². The van der Waals surface area contributed by atoms with E-state index in [1.54, 1.807) is 0 Å². The maximum absolute atomic E-state index is 13.1. The summed E-state index contributed by atoms with van der Waals surface area (Å²) in [6.07, 6.45) is 1.35. The van der Waals surface area contributed by atoms with Gasteiger partial charge < -0.3 is 10.0 Å². The highest BCUT2D eigenvalue weighted by atomic mass is 19.4. The van der Waals surface area contributed by atoms with Crippen LogP contribution in [0.25, 0.3) is 0 Å². The summed E-state index contributed by atoms with van der Waals surface area (Å²) in [4.78, 5) is 25.8. The van der Waals surface area contributed by atoms with Gasteiger partial charge in [0.05, 0.1) is 11.7 Å². The van der Waals surface area contributed by atoms with Crippen molar-refractivity contribution in [3.8, 4) is 0 Å². The summed E-state index contributed by atoms with van der Waals surface area (Å²) in [5.41, 5.74) is 2.18. The molecule has 33 heavy (non-hydrogen) atoms. The molecular weight excluding hydrogens is 444 g/mol. The molecule has 3 heterocycles. The molecule has 1 aromatic heterocycles. The van der Waals surface area contributed by atoms with Crippen molar-refractivity contribution in [1.29, 1.82) is 0 Å². The fraction of sp³-hybridized carbons (Fsp3) is 0.500. The molecule has 2 aromatic rings. The van der Waals surface area contributed by atoms with Gasteiger partial charge in [-0.25, -0.2) is 9.18 Å². The van der Waals surface area contributed by atoms with Gasteiger partial charge in [-0.15, -0.1) is 0 Å². The number of nitrogens with zero attached hydrogens (tertiary/aromatic N) is 4. The van der Waals surface area contributed by atoms with Crippen molar-refractivity contribution in [3.05, 3.63) is 53.6 Å². The molecule has 0 saturated carbocycles. The van der Waals surface area contributed by atoms with Gasteiger partial charge in [0.15, 0.2) is 0 Å². The lowest BCUT2D eigenvalue weighted by atomic mass is 9.74. The number of aromatic nitrogens is 2. The molecule has 1 atom stereocenters. The number of hydrogen-bond donors (Lipinski definition) is 1. The molecule has 11 heteroatoms. The summed E-state index contributed by atoms with van der Waals surface area (Å²) >= 11 is 0. The summed E-state index contributed by atoms with van der Waals surface area (Å²) in [5.74, 6) is -2.52. The molecule has 1 N–H and O–H groups in total. The topological polar surface area (TPSA) is 78.7 Å². The molecule has 0 bridgehead atoms. The molecule has 2 saturated heterocycles. The third-order valence-corrected chi connectivity index (χ3v) is 6.48. The van der Waals surface area contributed by atoms with Gasteiger partial charge in [0.25, 0.3) is 0 Å². The van der Waals surface area contributed by atoms with E-state index >= 15 is 0 Å². The van der Waals surface area contributed by atoms with Gasteiger partial charge in [0.2, 0.25) is 5.91 Å². The van der Waals surface area contributed by atoms with Gasteiger partial charge >= 0.3 is 12.1 Å². The number of rotatable bonds is 3. The molecule has 0 radical (unpaired) electrons. The minimum absolute atomic E-state index is 0.112. The van der Waals surface area contributed by atoms with Gasteiger partial charge in [-0.1, -0.05) is 12.1 Å². The lowest BCUT2D eigenvalue weighted by molar-refractivity contribution is -0.192. The molecule has 1 amide bonds. The quantitative estimate of drug-likeness (QED) is 0.698. The number of amides is 1. The van der Waals surface area contributed by atoms with Crippen molar-refractivity contribution in [2.24, 2.45) is 7.05 Å². The van der Waals surface area contributed by atoms with Crippen LogP contribution < -0.4 is 0 Å². The average molecular weight is 470 g/mol. The summed E-state index contributed by atoms with van der Waals surface area (Å²) in [5, 5.41) is 11.4. The number of carbonyl (C=O) groups is 2.